The van der Waals surface area contributed by atoms with Gasteiger partial charge in [-0.25, -0.2) is 9.13 Å². The molecule has 0 aliphatic carbocycles. The van der Waals surface area contributed by atoms with E-state index in [4.69, 9.17) is 0 Å². The van der Waals surface area contributed by atoms with E-state index < -0.39 is 15.6 Å². The van der Waals surface area contributed by atoms with Crippen LogP contribution in [0.15, 0.2) is 97.6 Å². The van der Waals surface area contributed by atoms with Gasteiger partial charge < -0.3 is 0 Å². The molecule has 0 fully saturated rings. The zero-order valence-corrected chi connectivity index (χ0v) is 26.8. The van der Waals surface area contributed by atoms with Gasteiger partial charge in [0.25, 0.3) is 0 Å². The quantitative estimate of drug-likeness (QED) is 0.0817. The van der Waals surface area contributed by atoms with Gasteiger partial charge in [-0.1, -0.05) is 24.3 Å². The molecule has 4 aromatic rings. The summed E-state index contributed by atoms with van der Waals surface area (Å²) in [6, 6.07) is 26.1. The van der Waals surface area contributed by atoms with Crippen molar-refractivity contribution < 1.29 is 59.5 Å². The Bertz CT molecular complexity index is 1340. The van der Waals surface area contributed by atoms with E-state index in [1.165, 1.54) is 29.4 Å². The first-order chi connectivity index (χ1) is 18.6. The molecule has 2 heterocycles. The Balaban J connectivity index is 0.000000367. The molecule has 0 N–H and O–H groups in total. The maximum Gasteiger partial charge on any atom is 0.173 e. The number of hydrogen-bond donors (Lipinski definition) is 0. The topological polar surface area (TPSA) is 7.76 Å². The third-order valence-electron chi connectivity index (χ3n) is 4.67. The van der Waals surface area contributed by atoms with Crippen LogP contribution in [0.2, 0.25) is 0 Å². The van der Waals surface area contributed by atoms with Gasteiger partial charge in [-0.05, 0) is 80.6 Å². The molecule has 0 bridgehead atoms. The molecule has 0 amide bonds. The second-order valence-corrected chi connectivity index (χ2v) is 15.0. The van der Waals surface area contributed by atoms with Crippen molar-refractivity contribution in [3.8, 4) is 11.1 Å². The number of rotatable bonds is 5. The molecule has 4 rings (SSSR count). The molecule has 0 aliphatic rings. The normalized spacial score (nSPS) is 14.9. The number of aromatic nitrogens is 2. The summed E-state index contributed by atoms with van der Waals surface area (Å²) in [7, 11) is -21.3. The summed E-state index contributed by atoms with van der Waals surface area (Å²) in [5, 5.41) is 0. The minimum atomic E-state index is -10.7. The third kappa shape index (κ3) is 21.0. The zero-order chi connectivity index (χ0) is 32.2. The summed E-state index contributed by atoms with van der Waals surface area (Å²) in [6.07, 6.45) is 8.61. The number of nitrogens with zero attached hydrogens (tertiary/aromatic N) is 2. The van der Waals surface area contributed by atoms with Crippen LogP contribution in [-0.4, -0.2) is 0 Å². The van der Waals surface area contributed by atoms with E-state index in [-0.39, 0.29) is 0 Å². The van der Waals surface area contributed by atoms with Gasteiger partial charge in [-0.3, -0.25) is 0 Å². The molecule has 234 valence electrons. The number of hydrogen-bond acceptors (Lipinski definition) is 0. The van der Waals surface area contributed by atoms with Crippen LogP contribution in [0.1, 0.15) is 11.1 Å². The zero-order valence-electron chi connectivity index (χ0n) is 20.7. The number of pyridine rings is 2. The van der Waals surface area contributed by atoms with Crippen LogP contribution in [0.5, 0.6) is 0 Å². The van der Waals surface area contributed by atoms with Crippen LogP contribution in [0, 0.1) is 7.14 Å². The maximum atomic E-state index is 9.87. The SMILES string of the molecule is F[P-](F)(F)(F)(F)F.F[P-](F)(F)(F)(F)F.Ic1ccc(C[n+]2ccc(-c3cc[n+](Cc4ccc(I)cc4)cc3)cc2)cc1. The summed E-state index contributed by atoms with van der Waals surface area (Å²) >= 11 is 4.68. The average Bonchev–Trinajstić information content (AvgIpc) is 2.79. The van der Waals surface area contributed by atoms with Gasteiger partial charge in [0.1, 0.15) is 0 Å². The molecule has 2 aromatic heterocycles. The second kappa shape index (κ2) is 11.6. The Labute approximate surface area is 259 Å². The summed E-state index contributed by atoms with van der Waals surface area (Å²) in [6.45, 7) is 1.78. The predicted molar refractivity (Wildman–Crippen MR) is 156 cm³/mol. The summed E-state index contributed by atoms with van der Waals surface area (Å²) in [5.41, 5.74) is 5.10. The minimum absolute atomic E-state index is 0.891. The molecular weight excluding hydrogens is 860 g/mol. The third-order valence-corrected chi connectivity index (χ3v) is 6.11. The van der Waals surface area contributed by atoms with E-state index in [9.17, 15) is 50.4 Å². The molecule has 0 saturated heterocycles. The van der Waals surface area contributed by atoms with Gasteiger partial charge in [-0.15, -0.1) is 0 Å². The minimum Gasteiger partial charge on any atom is -0.201 e. The van der Waals surface area contributed by atoms with Crippen molar-refractivity contribution in [2.75, 3.05) is 0 Å². The van der Waals surface area contributed by atoms with Crippen LogP contribution >= 0.6 is 60.8 Å². The average molecular weight is 880 g/mol. The van der Waals surface area contributed by atoms with E-state index in [2.05, 4.69) is 152 Å². The van der Waals surface area contributed by atoms with Gasteiger partial charge in [-0.2, -0.15) is 0 Å². The maximum absolute atomic E-state index is 10.7. The molecule has 0 radical (unpaired) electrons. The molecule has 2 aromatic carbocycles. The standard InChI is InChI=1S/C24H20I2N2.2F6P/c25-23-5-1-19(2-6-23)17-27-13-9-21(10-14-27)22-11-15-28(16-12-22)18-20-3-7-24(26)8-4-20;2*1-7(2,3,4,5)6/h1-16H,17-18H2;;/q+2;2*-1. The molecule has 0 unspecified atom stereocenters. The van der Waals surface area contributed by atoms with Crippen LogP contribution in [-0.2, 0) is 13.1 Å². The smallest absolute Gasteiger partial charge is 0.173 e. The fourth-order valence-corrected chi connectivity index (χ4v) is 3.83. The Hall–Kier alpha value is -1.78. The van der Waals surface area contributed by atoms with Crippen molar-refractivity contribution in [3.05, 3.63) is 116 Å². The van der Waals surface area contributed by atoms with Crippen LogP contribution in [0.3, 0.4) is 0 Å². The monoisotopic (exact) mass is 880 g/mol. The number of halogens is 14. The van der Waals surface area contributed by atoms with Gasteiger partial charge in [0.2, 0.25) is 0 Å². The molecule has 0 aliphatic heterocycles. The van der Waals surface area contributed by atoms with Crippen molar-refractivity contribution in [3.63, 3.8) is 0 Å². The first-order valence-electron chi connectivity index (χ1n) is 11.2. The van der Waals surface area contributed by atoms with Crippen molar-refractivity contribution in [1.82, 2.24) is 0 Å². The van der Waals surface area contributed by atoms with Crippen LogP contribution in [0.4, 0.5) is 50.4 Å². The van der Waals surface area contributed by atoms with Crippen LogP contribution in [0.25, 0.3) is 11.1 Å². The first kappa shape index (κ1) is 36.4. The molecule has 18 heteroatoms. The van der Waals surface area contributed by atoms with Gasteiger partial charge in [0.05, 0.1) is 0 Å². The van der Waals surface area contributed by atoms with Crippen LogP contribution < -0.4 is 9.13 Å². The van der Waals surface area contributed by atoms with Crippen molar-refractivity contribution in [2.24, 2.45) is 0 Å². The Kier molecular flexibility index (Phi) is 10.1. The summed E-state index contributed by atoms with van der Waals surface area (Å²) < 4.78 is 125. The fourth-order valence-electron chi connectivity index (χ4n) is 3.11. The first-order valence-corrected chi connectivity index (χ1v) is 17.4. The Morgan fingerprint density at radius 2 is 0.619 bits per heavy atom. The van der Waals surface area contributed by atoms with E-state index in [1.54, 1.807) is 0 Å². The molecule has 0 saturated carbocycles. The van der Waals surface area contributed by atoms with Gasteiger partial charge in [0.15, 0.2) is 37.9 Å². The largest absolute Gasteiger partial charge is 0.201 e. The Morgan fingerprint density at radius 3 is 0.833 bits per heavy atom. The molecule has 0 atom stereocenters. The van der Waals surface area contributed by atoms with Gasteiger partial charge >= 0.3 is 66.0 Å². The van der Waals surface area contributed by atoms with Crippen molar-refractivity contribution in [1.29, 1.82) is 0 Å². The molecule has 42 heavy (non-hydrogen) atoms. The number of benzene rings is 2. The molecule has 2 nitrogen and oxygen atoms in total. The fraction of sp³-hybridized carbons (Fsp3) is 0.0833. The van der Waals surface area contributed by atoms with E-state index in [1.807, 2.05) is 0 Å². The van der Waals surface area contributed by atoms with Crippen molar-refractivity contribution in [2.45, 2.75) is 13.1 Å². The summed E-state index contributed by atoms with van der Waals surface area (Å²) in [5.74, 6) is 0. The van der Waals surface area contributed by atoms with Gasteiger partial charge in [0, 0.05) is 42.5 Å². The van der Waals surface area contributed by atoms with Crippen molar-refractivity contribution >= 4 is 60.8 Å². The molecule has 0 spiro atoms. The second-order valence-electron chi connectivity index (χ2n) is 8.69. The van der Waals surface area contributed by atoms with E-state index >= 15 is 0 Å². The van der Waals surface area contributed by atoms with E-state index in [0.717, 1.165) is 13.1 Å². The Morgan fingerprint density at radius 1 is 0.405 bits per heavy atom. The van der Waals surface area contributed by atoms with E-state index in [0.29, 0.717) is 0 Å². The summed E-state index contributed by atoms with van der Waals surface area (Å²) in [4.78, 5) is 0. The predicted octanol–water partition coefficient (Wildman–Crippen LogP) is 12.0. The molecular formula is C24H20F12I2N2P2.